The zero-order valence-electron chi connectivity index (χ0n) is 10.1. The molecule has 1 rings (SSSR count). The monoisotopic (exact) mass is 256 g/mol. The van der Waals surface area contributed by atoms with Crippen LogP contribution in [0.25, 0.3) is 0 Å². The first kappa shape index (κ1) is 13.7. The predicted octanol–water partition coefficient (Wildman–Crippen LogP) is 0.573. The summed E-state index contributed by atoms with van der Waals surface area (Å²) in [4.78, 5) is 11.1. The van der Waals surface area contributed by atoms with Gasteiger partial charge >= 0.3 is 0 Å². The van der Waals surface area contributed by atoms with E-state index in [0.29, 0.717) is 5.56 Å². The Bertz CT molecular complexity index is 509. The Kier molecular flexibility index (Phi) is 4.25. The van der Waals surface area contributed by atoms with Crippen LogP contribution in [0.4, 0.5) is 0 Å². The van der Waals surface area contributed by atoms with Crippen LogP contribution in [0, 0.1) is 0 Å². The minimum absolute atomic E-state index is 0.193. The van der Waals surface area contributed by atoms with Crippen LogP contribution in [0.1, 0.15) is 12.5 Å². The average molecular weight is 256 g/mol. The molecule has 0 aliphatic rings. The Morgan fingerprint density at radius 2 is 1.88 bits per heavy atom. The third-order valence-electron chi connectivity index (χ3n) is 2.26. The summed E-state index contributed by atoms with van der Waals surface area (Å²) in [6.45, 7) is 1.60. The van der Waals surface area contributed by atoms with Gasteiger partial charge in [0.15, 0.2) is 0 Å². The standard InChI is InChI=1S/C11H16N2O3S/c1-9(14)12-8-10-6-4-5-7-11(10)17(15,16)13(2)3/h4-7H,8H2,1-3H3,(H,12,14). The van der Waals surface area contributed by atoms with E-state index in [1.54, 1.807) is 18.2 Å². The lowest BCUT2D eigenvalue weighted by atomic mass is 10.2. The van der Waals surface area contributed by atoms with Crippen LogP contribution >= 0.6 is 0 Å². The second-order valence-electron chi connectivity index (χ2n) is 3.80. The highest BCUT2D eigenvalue weighted by Gasteiger charge is 2.20. The molecule has 0 fully saturated rings. The smallest absolute Gasteiger partial charge is 0.242 e. The molecule has 6 heteroatoms. The van der Waals surface area contributed by atoms with Gasteiger partial charge in [-0.25, -0.2) is 12.7 Å². The number of sulfonamides is 1. The van der Waals surface area contributed by atoms with Gasteiger partial charge in [0.25, 0.3) is 0 Å². The van der Waals surface area contributed by atoms with Gasteiger partial charge in [0.1, 0.15) is 0 Å². The quantitative estimate of drug-likeness (QED) is 0.856. The molecule has 0 unspecified atom stereocenters. The molecule has 0 saturated carbocycles. The highest BCUT2D eigenvalue weighted by Crippen LogP contribution is 2.18. The lowest BCUT2D eigenvalue weighted by Crippen LogP contribution is -2.25. The van der Waals surface area contributed by atoms with Crippen LogP contribution in [0.15, 0.2) is 29.2 Å². The average Bonchev–Trinajstić information content (AvgIpc) is 2.26. The SMILES string of the molecule is CC(=O)NCc1ccccc1S(=O)(=O)N(C)C. The Morgan fingerprint density at radius 3 is 2.41 bits per heavy atom. The first-order valence-corrected chi connectivity index (χ1v) is 6.54. The fourth-order valence-electron chi connectivity index (χ4n) is 1.32. The van der Waals surface area contributed by atoms with Crippen molar-refractivity contribution in [2.24, 2.45) is 0 Å². The minimum Gasteiger partial charge on any atom is -0.352 e. The van der Waals surface area contributed by atoms with E-state index in [1.165, 1.54) is 27.1 Å². The molecule has 1 amide bonds. The molecule has 0 spiro atoms. The summed E-state index contributed by atoms with van der Waals surface area (Å²) in [5, 5.41) is 2.59. The number of nitrogens with zero attached hydrogens (tertiary/aromatic N) is 1. The third kappa shape index (κ3) is 3.28. The van der Waals surface area contributed by atoms with Crippen molar-refractivity contribution in [3.63, 3.8) is 0 Å². The number of amides is 1. The van der Waals surface area contributed by atoms with Gasteiger partial charge in [-0.15, -0.1) is 0 Å². The fourth-order valence-corrected chi connectivity index (χ4v) is 2.43. The van der Waals surface area contributed by atoms with Crippen molar-refractivity contribution in [3.05, 3.63) is 29.8 Å². The molecular weight excluding hydrogens is 240 g/mol. The summed E-state index contributed by atoms with van der Waals surface area (Å²) in [5.41, 5.74) is 0.580. The molecule has 0 aromatic heterocycles. The first-order valence-electron chi connectivity index (χ1n) is 5.10. The summed E-state index contributed by atoms with van der Waals surface area (Å²) in [6.07, 6.45) is 0. The van der Waals surface area contributed by atoms with Gasteiger partial charge in [-0.05, 0) is 11.6 Å². The van der Waals surface area contributed by atoms with Crippen molar-refractivity contribution in [1.82, 2.24) is 9.62 Å². The number of hydrogen-bond acceptors (Lipinski definition) is 3. The van der Waals surface area contributed by atoms with Gasteiger partial charge in [-0.3, -0.25) is 4.79 Å². The van der Waals surface area contributed by atoms with Crippen molar-refractivity contribution < 1.29 is 13.2 Å². The lowest BCUT2D eigenvalue weighted by Gasteiger charge is -2.15. The molecule has 1 aromatic rings. The van der Waals surface area contributed by atoms with Crippen molar-refractivity contribution in [3.8, 4) is 0 Å². The summed E-state index contributed by atoms with van der Waals surface area (Å²) in [5.74, 6) is -0.193. The van der Waals surface area contributed by atoms with Crippen LogP contribution in [-0.2, 0) is 21.4 Å². The fraction of sp³-hybridized carbons (Fsp3) is 0.364. The van der Waals surface area contributed by atoms with Crippen LogP contribution in [0.5, 0.6) is 0 Å². The normalized spacial score (nSPS) is 11.5. The number of nitrogens with one attached hydrogen (secondary N) is 1. The number of benzene rings is 1. The maximum atomic E-state index is 12.0. The second kappa shape index (κ2) is 5.29. The van der Waals surface area contributed by atoms with Crippen molar-refractivity contribution in [1.29, 1.82) is 0 Å². The molecule has 1 N–H and O–H groups in total. The zero-order chi connectivity index (χ0) is 13.1. The van der Waals surface area contributed by atoms with Gasteiger partial charge in [0.2, 0.25) is 15.9 Å². The first-order chi connectivity index (χ1) is 7.85. The van der Waals surface area contributed by atoms with E-state index < -0.39 is 10.0 Å². The Hall–Kier alpha value is -1.40. The molecule has 0 atom stereocenters. The number of hydrogen-bond donors (Lipinski definition) is 1. The third-order valence-corrected chi connectivity index (χ3v) is 4.17. The highest BCUT2D eigenvalue weighted by atomic mass is 32.2. The summed E-state index contributed by atoms with van der Waals surface area (Å²) < 4.78 is 25.2. The van der Waals surface area contributed by atoms with Gasteiger partial charge in [-0.2, -0.15) is 0 Å². The molecule has 0 aliphatic heterocycles. The predicted molar refractivity (Wildman–Crippen MR) is 64.8 cm³/mol. The van der Waals surface area contributed by atoms with E-state index in [0.717, 1.165) is 4.31 Å². The maximum absolute atomic E-state index is 12.0. The Balaban J connectivity index is 3.12. The van der Waals surface area contributed by atoms with Gasteiger partial charge in [0, 0.05) is 27.6 Å². The van der Waals surface area contributed by atoms with Crippen LogP contribution in [0.3, 0.4) is 0 Å². The summed E-state index contributed by atoms with van der Waals surface area (Å²) in [6, 6.07) is 6.62. The summed E-state index contributed by atoms with van der Waals surface area (Å²) >= 11 is 0. The Labute approximate surface area is 101 Å². The zero-order valence-corrected chi connectivity index (χ0v) is 10.9. The van der Waals surface area contributed by atoms with E-state index >= 15 is 0 Å². The second-order valence-corrected chi connectivity index (χ2v) is 5.93. The van der Waals surface area contributed by atoms with Crippen LogP contribution in [-0.4, -0.2) is 32.7 Å². The molecule has 0 bridgehead atoms. The largest absolute Gasteiger partial charge is 0.352 e. The van der Waals surface area contributed by atoms with Crippen molar-refractivity contribution >= 4 is 15.9 Å². The molecule has 17 heavy (non-hydrogen) atoms. The van der Waals surface area contributed by atoms with E-state index in [-0.39, 0.29) is 17.3 Å². The molecule has 0 radical (unpaired) electrons. The lowest BCUT2D eigenvalue weighted by molar-refractivity contribution is -0.119. The molecule has 0 heterocycles. The molecule has 94 valence electrons. The van der Waals surface area contributed by atoms with E-state index in [9.17, 15) is 13.2 Å². The topological polar surface area (TPSA) is 66.5 Å². The van der Waals surface area contributed by atoms with Gasteiger partial charge < -0.3 is 5.32 Å². The van der Waals surface area contributed by atoms with Crippen LogP contribution in [0.2, 0.25) is 0 Å². The molecule has 5 nitrogen and oxygen atoms in total. The van der Waals surface area contributed by atoms with E-state index in [2.05, 4.69) is 5.32 Å². The number of carbonyl (C=O) groups is 1. The molecular formula is C11H16N2O3S. The van der Waals surface area contributed by atoms with E-state index in [4.69, 9.17) is 0 Å². The molecule has 0 saturated heterocycles. The number of carbonyl (C=O) groups excluding carboxylic acids is 1. The van der Waals surface area contributed by atoms with Gasteiger partial charge in [-0.1, -0.05) is 18.2 Å². The summed E-state index contributed by atoms with van der Waals surface area (Å²) in [7, 11) is -0.520. The molecule has 1 aromatic carbocycles. The van der Waals surface area contributed by atoms with Crippen molar-refractivity contribution in [2.75, 3.05) is 14.1 Å². The minimum atomic E-state index is -3.47. The highest BCUT2D eigenvalue weighted by molar-refractivity contribution is 7.89. The van der Waals surface area contributed by atoms with E-state index in [1.807, 2.05) is 0 Å². The maximum Gasteiger partial charge on any atom is 0.242 e. The Morgan fingerprint density at radius 1 is 1.29 bits per heavy atom. The molecule has 0 aliphatic carbocycles. The number of rotatable bonds is 4. The van der Waals surface area contributed by atoms with Crippen molar-refractivity contribution in [2.45, 2.75) is 18.4 Å². The van der Waals surface area contributed by atoms with Crippen LogP contribution < -0.4 is 5.32 Å². The van der Waals surface area contributed by atoms with Gasteiger partial charge in [0.05, 0.1) is 4.90 Å².